The zero-order valence-corrected chi connectivity index (χ0v) is 13.6. The minimum absolute atomic E-state index is 0.349. The van der Waals surface area contributed by atoms with Gasteiger partial charge in [-0.2, -0.15) is 5.10 Å². The van der Waals surface area contributed by atoms with Crippen molar-refractivity contribution in [2.45, 2.75) is 20.8 Å². The van der Waals surface area contributed by atoms with Crippen LogP contribution in [0.3, 0.4) is 0 Å². The van der Waals surface area contributed by atoms with Crippen molar-refractivity contribution in [3.05, 3.63) is 53.0 Å². The van der Waals surface area contributed by atoms with E-state index in [1.165, 1.54) is 0 Å². The van der Waals surface area contributed by atoms with E-state index in [2.05, 4.69) is 10.5 Å². The molecule has 1 aromatic carbocycles. The van der Waals surface area contributed by atoms with Gasteiger partial charge in [-0.3, -0.25) is 4.79 Å². The van der Waals surface area contributed by atoms with E-state index in [1.54, 1.807) is 51.1 Å². The number of aliphatic carboxylic acids is 1. The first kappa shape index (κ1) is 17.3. The number of nitrogens with zero attached hydrogens (tertiary/aromatic N) is 1. The molecule has 7 nitrogen and oxygen atoms in total. The van der Waals surface area contributed by atoms with Crippen molar-refractivity contribution in [3.63, 3.8) is 0 Å². The Hall–Kier alpha value is -3.09. The molecule has 0 atom stereocenters. The average molecular weight is 329 g/mol. The number of furan rings is 1. The van der Waals surface area contributed by atoms with Crippen LogP contribution in [-0.4, -0.2) is 24.2 Å². The van der Waals surface area contributed by atoms with E-state index in [0.29, 0.717) is 28.5 Å². The van der Waals surface area contributed by atoms with Crippen LogP contribution in [0.25, 0.3) is 0 Å². The third-order valence-corrected chi connectivity index (χ3v) is 3.24. The molecule has 1 aromatic heterocycles. The molecule has 7 heteroatoms. The molecular weight excluding hydrogens is 312 g/mol. The SMILES string of the molecule is C/C(=N/NC(=O)c1cc(C)oc1C)c1ccc(OCC(=O)[O-])cc1. The highest BCUT2D eigenvalue weighted by Gasteiger charge is 2.12. The monoisotopic (exact) mass is 329 g/mol. The topological polar surface area (TPSA) is 104 Å². The minimum Gasteiger partial charge on any atom is -0.546 e. The fourth-order valence-corrected chi connectivity index (χ4v) is 2.05. The zero-order valence-electron chi connectivity index (χ0n) is 13.6. The minimum atomic E-state index is -1.29. The second-order valence-corrected chi connectivity index (χ2v) is 5.15. The Morgan fingerprint density at radius 3 is 2.46 bits per heavy atom. The summed E-state index contributed by atoms with van der Waals surface area (Å²) in [5, 5.41) is 14.4. The molecule has 0 saturated heterocycles. The fourth-order valence-electron chi connectivity index (χ4n) is 2.05. The number of rotatable bonds is 6. The van der Waals surface area contributed by atoms with Gasteiger partial charge >= 0.3 is 0 Å². The van der Waals surface area contributed by atoms with E-state index in [1.807, 2.05) is 0 Å². The summed E-state index contributed by atoms with van der Waals surface area (Å²) in [5.41, 5.74) is 4.27. The second kappa shape index (κ2) is 7.45. The van der Waals surface area contributed by atoms with Crippen molar-refractivity contribution in [2.24, 2.45) is 5.10 Å². The van der Waals surface area contributed by atoms with Crippen molar-refractivity contribution in [2.75, 3.05) is 6.61 Å². The van der Waals surface area contributed by atoms with Crippen molar-refractivity contribution in [1.82, 2.24) is 5.43 Å². The first-order valence-electron chi connectivity index (χ1n) is 7.21. The highest BCUT2D eigenvalue weighted by Crippen LogP contribution is 2.14. The lowest BCUT2D eigenvalue weighted by atomic mass is 10.1. The molecule has 2 aromatic rings. The lowest BCUT2D eigenvalue weighted by molar-refractivity contribution is -0.307. The van der Waals surface area contributed by atoms with Crippen LogP contribution in [0.2, 0.25) is 0 Å². The van der Waals surface area contributed by atoms with Gasteiger partial charge in [0, 0.05) is 0 Å². The molecule has 0 spiro atoms. The fraction of sp³-hybridized carbons (Fsp3) is 0.235. The maximum Gasteiger partial charge on any atom is 0.274 e. The maximum absolute atomic E-state index is 12.1. The molecule has 0 saturated carbocycles. The second-order valence-electron chi connectivity index (χ2n) is 5.15. The number of ether oxygens (including phenoxy) is 1. The molecule has 0 aliphatic rings. The van der Waals surface area contributed by atoms with Gasteiger partial charge in [-0.25, -0.2) is 5.43 Å². The van der Waals surface area contributed by atoms with Crippen molar-refractivity contribution in [1.29, 1.82) is 0 Å². The zero-order chi connectivity index (χ0) is 17.7. The number of benzene rings is 1. The van der Waals surface area contributed by atoms with Crippen LogP contribution in [0.1, 0.15) is 34.4 Å². The number of carboxylic acids is 1. The number of amides is 1. The average Bonchev–Trinajstić information content (AvgIpc) is 2.89. The number of nitrogens with one attached hydrogen (secondary N) is 1. The van der Waals surface area contributed by atoms with Crippen LogP contribution in [0, 0.1) is 13.8 Å². The van der Waals surface area contributed by atoms with Crippen LogP contribution in [0.5, 0.6) is 5.75 Å². The number of carbonyl (C=O) groups is 2. The molecule has 1 heterocycles. The molecule has 0 aliphatic carbocycles. The molecule has 126 valence electrons. The van der Waals surface area contributed by atoms with E-state index in [4.69, 9.17) is 9.15 Å². The predicted octanol–water partition coefficient (Wildman–Crippen LogP) is 1.18. The van der Waals surface area contributed by atoms with Gasteiger partial charge in [-0.05, 0) is 56.7 Å². The highest BCUT2D eigenvalue weighted by atomic mass is 16.5. The van der Waals surface area contributed by atoms with Crippen LogP contribution in [0.4, 0.5) is 0 Å². The predicted molar refractivity (Wildman–Crippen MR) is 84.8 cm³/mol. The Morgan fingerprint density at radius 1 is 1.25 bits per heavy atom. The van der Waals surface area contributed by atoms with E-state index in [-0.39, 0.29) is 5.91 Å². The first-order valence-corrected chi connectivity index (χ1v) is 7.21. The number of carboxylic acid groups (broad SMARTS) is 1. The molecule has 0 radical (unpaired) electrons. The molecule has 0 fully saturated rings. The summed E-state index contributed by atoms with van der Waals surface area (Å²) in [4.78, 5) is 22.4. The number of hydrazone groups is 1. The molecule has 0 bridgehead atoms. The van der Waals surface area contributed by atoms with E-state index < -0.39 is 12.6 Å². The number of hydrogen-bond donors (Lipinski definition) is 1. The standard InChI is InChI=1S/C17H18N2O5/c1-10-8-15(12(3)24-10)17(22)19-18-11(2)13-4-6-14(7-5-13)23-9-16(20)21/h4-8H,9H2,1-3H3,(H,19,22)(H,20,21)/p-1/b18-11-. The molecular formula is C17H17N2O5-. The third kappa shape index (κ3) is 4.45. The van der Waals surface area contributed by atoms with Gasteiger partial charge in [0.15, 0.2) is 0 Å². The van der Waals surface area contributed by atoms with Gasteiger partial charge in [0.1, 0.15) is 23.9 Å². The molecule has 2 rings (SSSR count). The Bertz CT molecular complexity index is 775. The maximum atomic E-state index is 12.1. The van der Waals surface area contributed by atoms with Crippen molar-refractivity contribution < 1.29 is 23.8 Å². The summed E-state index contributed by atoms with van der Waals surface area (Å²) in [7, 11) is 0. The van der Waals surface area contributed by atoms with Crippen LogP contribution in [-0.2, 0) is 4.79 Å². The summed E-state index contributed by atoms with van der Waals surface area (Å²) in [6, 6.07) is 8.30. The molecule has 1 N–H and O–H groups in total. The Balaban J connectivity index is 2.01. The quantitative estimate of drug-likeness (QED) is 0.633. The van der Waals surface area contributed by atoms with Gasteiger partial charge in [0.2, 0.25) is 0 Å². The van der Waals surface area contributed by atoms with Gasteiger partial charge < -0.3 is 19.1 Å². The van der Waals surface area contributed by atoms with Crippen LogP contribution in [0.15, 0.2) is 39.9 Å². The van der Waals surface area contributed by atoms with Gasteiger partial charge in [0.25, 0.3) is 5.91 Å². The molecule has 24 heavy (non-hydrogen) atoms. The normalized spacial score (nSPS) is 11.2. The third-order valence-electron chi connectivity index (χ3n) is 3.24. The van der Waals surface area contributed by atoms with Gasteiger partial charge in [-0.15, -0.1) is 0 Å². The largest absolute Gasteiger partial charge is 0.546 e. The highest BCUT2D eigenvalue weighted by molar-refractivity contribution is 6.01. The van der Waals surface area contributed by atoms with E-state index in [0.717, 1.165) is 5.56 Å². The smallest absolute Gasteiger partial charge is 0.274 e. The van der Waals surface area contributed by atoms with Gasteiger partial charge in [0.05, 0.1) is 17.2 Å². The Kier molecular flexibility index (Phi) is 5.36. The summed E-state index contributed by atoms with van der Waals surface area (Å²) in [5.74, 6) is -0.0380. The van der Waals surface area contributed by atoms with Crippen LogP contribution < -0.4 is 15.3 Å². The molecule has 1 amide bonds. The van der Waals surface area contributed by atoms with Gasteiger partial charge in [-0.1, -0.05) is 0 Å². The number of hydrogen-bond acceptors (Lipinski definition) is 6. The Labute approximate surface area is 138 Å². The number of aryl methyl sites for hydroxylation is 2. The molecule has 0 unspecified atom stereocenters. The van der Waals surface area contributed by atoms with Crippen LogP contribution >= 0.6 is 0 Å². The van der Waals surface area contributed by atoms with E-state index in [9.17, 15) is 14.7 Å². The van der Waals surface area contributed by atoms with E-state index >= 15 is 0 Å². The Morgan fingerprint density at radius 2 is 1.92 bits per heavy atom. The lowest BCUT2D eigenvalue weighted by Crippen LogP contribution is -2.28. The molecule has 0 aliphatic heterocycles. The summed E-state index contributed by atoms with van der Waals surface area (Å²) >= 11 is 0. The first-order chi connectivity index (χ1) is 11.4. The lowest BCUT2D eigenvalue weighted by Gasteiger charge is -2.07. The summed E-state index contributed by atoms with van der Waals surface area (Å²) in [6.45, 7) is 4.71. The number of carbonyl (C=O) groups excluding carboxylic acids is 2. The van der Waals surface area contributed by atoms with Crippen molar-refractivity contribution >= 4 is 17.6 Å². The summed E-state index contributed by atoms with van der Waals surface area (Å²) < 4.78 is 10.3. The van der Waals surface area contributed by atoms with Crippen molar-refractivity contribution in [3.8, 4) is 5.75 Å². The summed E-state index contributed by atoms with van der Waals surface area (Å²) in [6.07, 6.45) is 0.